The molecule has 0 saturated carbocycles. The summed E-state index contributed by atoms with van der Waals surface area (Å²) in [5.41, 5.74) is 3.86. The number of ether oxygens (including phenoxy) is 2. The first kappa shape index (κ1) is 22.1. The molecule has 0 spiro atoms. The molecule has 0 heterocycles. The number of hydrogen-bond acceptors (Lipinski definition) is 5. The Labute approximate surface area is 182 Å². The molecule has 0 aliphatic carbocycles. The summed E-state index contributed by atoms with van der Waals surface area (Å²) < 4.78 is 10.1. The summed E-state index contributed by atoms with van der Waals surface area (Å²) >= 11 is 0. The van der Waals surface area contributed by atoms with Crippen LogP contribution in [0.2, 0.25) is 0 Å². The monoisotopic (exact) mass is 418 g/mol. The molecule has 0 aliphatic heterocycles. The molecule has 1 amide bonds. The molecule has 1 atom stereocenters. The van der Waals surface area contributed by atoms with Gasteiger partial charge in [0.15, 0.2) is 0 Å². The summed E-state index contributed by atoms with van der Waals surface area (Å²) in [6.45, 7) is 2.37. The van der Waals surface area contributed by atoms with Gasteiger partial charge in [0.1, 0.15) is 17.4 Å². The van der Waals surface area contributed by atoms with Crippen molar-refractivity contribution in [3.63, 3.8) is 0 Å². The van der Waals surface area contributed by atoms with Crippen molar-refractivity contribution in [3.05, 3.63) is 95.1 Å². The number of methoxy groups -OCH3 is 2. The highest BCUT2D eigenvalue weighted by atomic mass is 16.5. The molecule has 0 unspecified atom stereocenters. The van der Waals surface area contributed by atoms with Gasteiger partial charge in [-0.05, 0) is 42.3 Å². The standard InChI is InChI=1S/C25H26N2O4/c1-17-9-12-20(13-10-17)27-24(28)23(19-7-5-4-6-8-19)26-16-18-11-14-22(30-2)21(15-18)25(29)31-3/h4-15,23,26H,16H2,1-3H3,(H,27,28)/t23-/m0/s1. The van der Waals surface area contributed by atoms with Crippen LogP contribution in [0.4, 0.5) is 5.69 Å². The Morgan fingerprint density at radius 1 is 0.935 bits per heavy atom. The van der Waals surface area contributed by atoms with Gasteiger partial charge < -0.3 is 14.8 Å². The van der Waals surface area contributed by atoms with E-state index in [1.54, 1.807) is 12.1 Å². The molecule has 3 aromatic rings. The number of aryl methyl sites for hydroxylation is 1. The Bertz CT molecular complexity index is 1030. The summed E-state index contributed by atoms with van der Waals surface area (Å²) in [4.78, 5) is 25.1. The van der Waals surface area contributed by atoms with Gasteiger partial charge in [0.25, 0.3) is 0 Å². The van der Waals surface area contributed by atoms with E-state index in [4.69, 9.17) is 9.47 Å². The third-order valence-electron chi connectivity index (χ3n) is 4.89. The van der Waals surface area contributed by atoms with Crippen molar-refractivity contribution in [2.24, 2.45) is 0 Å². The van der Waals surface area contributed by atoms with E-state index >= 15 is 0 Å². The summed E-state index contributed by atoms with van der Waals surface area (Å²) in [7, 11) is 2.83. The van der Waals surface area contributed by atoms with Crippen LogP contribution < -0.4 is 15.4 Å². The fourth-order valence-electron chi connectivity index (χ4n) is 3.21. The molecule has 0 radical (unpaired) electrons. The van der Waals surface area contributed by atoms with E-state index in [1.165, 1.54) is 14.2 Å². The van der Waals surface area contributed by atoms with Crippen molar-refractivity contribution >= 4 is 17.6 Å². The van der Waals surface area contributed by atoms with Crippen molar-refractivity contribution in [1.29, 1.82) is 0 Å². The Balaban J connectivity index is 1.80. The second kappa shape index (κ2) is 10.4. The first-order chi connectivity index (χ1) is 15.0. The molecule has 160 valence electrons. The van der Waals surface area contributed by atoms with Gasteiger partial charge in [-0.25, -0.2) is 4.79 Å². The minimum atomic E-state index is -0.578. The zero-order chi connectivity index (χ0) is 22.2. The maximum absolute atomic E-state index is 13.1. The molecule has 0 aliphatic rings. The number of amides is 1. The van der Waals surface area contributed by atoms with Crippen LogP contribution in [-0.2, 0) is 16.1 Å². The van der Waals surface area contributed by atoms with Crippen LogP contribution >= 0.6 is 0 Å². The highest BCUT2D eigenvalue weighted by Gasteiger charge is 2.21. The van der Waals surface area contributed by atoms with Crippen molar-refractivity contribution < 1.29 is 19.1 Å². The second-order valence-electron chi connectivity index (χ2n) is 7.11. The zero-order valence-corrected chi connectivity index (χ0v) is 17.8. The van der Waals surface area contributed by atoms with Crippen LogP contribution in [0.25, 0.3) is 0 Å². The van der Waals surface area contributed by atoms with Crippen LogP contribution in [0.15, 0.2) is 72.8 Å². The van der Waals surface area contributed by atoms with Gasteiger partial charge in [0.2, 0.25) is 5.91 Å². The lowest BCUT2D eigenvalue weighted by molar-refractivity contribution is -0.118. The molecule has 0 bridgehead atoms. The number of carbonyl (C=O) groups is 2. The number of carbonyl (C=O) groups excluding carboxylic acids is 2. The van der Waals surface area contributed by atoms with Gasteiger partial charge in [0.05, 0.1) is 14.2 Å². The van der Waals surface area contributed by atoms with Crippen molar-refractivity contribution in [1.82, 2.24) is 5.32 Å². The van der Waals surface area contributed by atoms with Crippen LogP contribution in [-0.4, -0.2) is 26.1 Å². The SMILES string of the molecule is COC(=O)c1cc(CN[C@H](C(=O)Nc2ccc(C)cc2)c2ccccc2)ccc1OC. The molecule has 0 aromatic heterocycles. The minimum absolute atomic E-state index is 0.170. The Hall–Kier alpha value is -3.64. The fourth-order valence-corrected chi connectivity index (χ4v) is 3.21. The van der Waals surface area contributed by atoms with Gasteiger partial charge in [-0.3, -0.25) is 10.1 Å². The van der Waals surface area contributed by atoms with Crippen molar-refractivity contribution in [2.75, 3.05) is 19.5 Å². The average Bonchev–Trinajstić information content (AvgIpc) is 2.80. The molecule has 0 saturated heterocycles. The molecule has 3 aromatic carbocycles. The molecular formula is C25H26N2O4. The first-order valence-corrected chi connectivity index (χ1v) is 9.93. The van der Waals surface area contributed by atoms with Gasteiger partial charge in [-0.2, -0.15) is 0 Å². The molecule has 6 nitrogen and oxygen atoms in total. The number of esters is 1. The second-order valence-corrected chi connectivity index (χ2v) is 7.11. The van der Waals surface area contributed by atoms with E-state index in [0.717, 1.165) is 22.4 Å². The molecule has 0 fully saturated rings. The molecule has 6 heteroatoms. The summed E-state index contributed by atoms with van der Waals surface area (Å²) in [6, 6.07) is 21.8. The van der Waals surface area contributed by atoms with Gasteiger partial charge in [-0.1, -0.05) is 54.1 Å². The lowest BCUT2D eigenvalue weighted by atomic mass is 10.0. The van der Waals surface area contributed by atoms with Crippen LogP contribution in [0.3, 0.4) is 0 Å². The smallest absolute Gasteiger partial charge is 0.341 e. The van der Waals surface area contributed by atoms with Gasteiger partial charge >= 0.3 is 5.97 Å². The lowest BCUT2D eigenvalue weighted by Gasteiger charge is -2.19. The third kappa shape index (κ3) is 5.71. The fraction of sp³-hybridized carbons (Fsp3) is 0.200. The number of rotatable bonds is 8. The zero-order valence-electron chi connectivity index (χ0n) is 17.8. The number of benzene rings is 3. The predicted octanol–water partition coefficient (Wildman–Crippen LogP) is 4.26. The summed E-state index contributed by atoms with van der Waals surface area (Å²) in [6.07, 6.45) is 0. The van der Waals surface area contributed by atoms with Crippen molar-refractivity contribution in [3.8, 4) is 5.75 Å². The molecular weight excluding hydrogens is 392 g/mol. The van der Waals surface area contributed by atoms with Crippen LogP contribution in [0, 0.1) is 6.92 Å². The van der Waals surface area contributed by atoms with E-state index in [0.29, 0.717) is 17.9 Å². The van der Waals surface area contributed by atoms with Gasteiger partial charge in [-0.15, -0.1) is 0 Å². The van der Waals surface area contributed by atoms with E-state index in [9.17, 15) is 9.59 Å². The van der Waals surface area contributed by atoms with Crippen LogP contribution in [0.1, 0.15) is 33.1 Å². The molecule has 31 heavy (non-hydrogen) atoms. The van der Waals surface area contributed by atoms with Gasteiger partial charge in [0, 0.05) is 12.2 Å². The Morgan fingerprint density at radius 2 is 1.65 bits per heavy atom. The third-order valence-corrected chi connectivity index (χ3v) is 4.89. The minimum Gasteiger partial charge on any atom is -0.496 e. The number of hydrogen-bond donors (Lipinski definition) is 2. The summed E-state index contributed by atoms with van der Waals surface area (Å²) in [5.74, 6) is -0.209. The Kier molecular flexibility index (Phi) is 7.40. The number of nitrogens with one attached hydrogen (secondary N) is 2. The normalized spacial score (nSPS) is 11.5. The van der Waals surface area contributed by atoms with Crippen LogP contribution in [0.5, 0.6) is 5.75 Å². The molecule has 2 N–H and O–H groups in total. The maximum Gasteiger partial charge on any atom is 0.341 e. The quantitative estimate of drug-likeness (QED) is 0.535. The highest BCUT2D eigenvalue weighted by molar-refractivity contribution is 5.95. The maximum atomic E-state index is 13.1. The largest absolute Gasteiger partial charge is 0.496 e. The topological polar surface area (TPSA) is 76.7 Å². The highest BCUT2D eigenvalue weighted by Crippen LogP contribution is 2.22. The molecule has 3 rings (SSSR count). The van der Waals surface area contributed by atoms with E-state index in [2.05, 4.69) is 10.6 Å². The average molecular weight is 418 g/mol. The van der Waals surface area contributed by atoms with Crippen molar-refractivity contribution in [2.45, 2.75) is 19.5 Å². The van der Waals surface area contributed by atoms with E-state index in [1.807, 2.05) is 67.6 Å². The predicted molar refractivity (Wildman–Crippen MR) is 120 cm³/mol. The van der Waals surface area contributed by atoms with E-state index in [-0.39, 0.29) is 5.91 Å². The number of anilines is 1. The Morgan fingerprint density at radius 3 is 2.29 bits per heavy atom. The lowest BCUT2D eigenvalue weighted by Crippen LogP contribution is -2.32. The first-order valence-electron chi connectivity index (χ1n) is 9.93. The van der Waals surface area contributed by atoms with E-state index < -0.39 is 12.0 Å². The summed E-state index contributed by atoms with van der Waals surface area (Å²) in [5, 5.41) is 6.27.